The average molecular weight is 365 g/mol. The number of nitrogens with one attached hydrogen (secondary N) is 3. The summed E-state index contributed by atoms with van der Waals surface area (Å²) in [6.45, 7) is 2.09. The third-order valence-corrected chi connectivity index (χ3v) is 4.86. The summed E-state index contributed by atoms with van der Waals surface area (Å²) < 4.78 is 0. The van der Waals surface area contributed by atoms with Gasteiger partial charge in [-0.05, 0) is 43.5 Å². The predicted octanol–water partition coefficient (Wildman–Crippen LogP) is 2.27. The van der Waals surface area contributed by atoms with Gasteiger partial charge in [0, 0.05) is 44.1 Å². The molecule has 0 aliphatic carbocycles. The smallest absolute Gasteiger partial charge is 0.269 e. The average Bonchev–Trinajstić information content (AvgIpc) is 3.12. The molecule has 0 atom stereocenters. The van der Waals surface area contributed by atoms with Crippen molar-refractivity contribution in [1.29, 1.82) is 0 Å². The number of hydrogen-bond donors (Lipinski definition) is 3. The summed E-state index contributed by atoms with van der Waals surface area (Å²) in [6.07, 6.45) is 7.76. The van der Waals surface area contributed by atoms with Crippen molar-refractivity contribution in [2.75, 3.05) is 32.5 Å². The topological polar surface area (TPSA) is 98.8 Å². The van der Waals surface area contributed by atoms with Gasteiger partial charge in [0.05, 0.1) is 5.52 Å². The van der Waals surface area contributed by atoms with E-state index >= 15 is 0 Å². The van der Waals surface area contributed by atoms with Crippen molar-refractivity contribution in [2.45, 2.75) is 18.8 Å². The molecular weight excluding hydrogens is 342 g/mol. The second-order valence-corrected chi connectivity index (χ2v) is 7.03. The zero-order valence-corrected chi connectivity index (χ0v) is 15.5. The summed E-state index contributed by atoms with van der Waals surface area (Å²) in [5.41, 5.74) is 2.56. The van der Waals surface area contributed by atoms with E-state index < -0.39 is 0 Å². The summed E-state index contributed by atoms with van der Waals surface area (Å²) in [4.78, 5) is 30.0. The SMILES string of the molecule is CN(C)C(=O)c1cc2cnc(Nc3ncc(C4CCNCC4)cn3)cc2[nH]1. The largest absolute Gasteiger partial charge is 0.350 e. The Morgan fingerprint density at radius 2 is 1.85 bits per heavy atom. The molecule has 0 aromatic carbocycles. The van der Waals surface area contributed by atoms with Gasteiger partial charge in [0.1, 0.15) is 11.5 Å². The molecule has 1 amide bonds. The Balaban J connectivity index is 1.50. The van der Waals surface area contributed by atoms with Gasteiger partial charge in [0.2, 0.25) is 5.95 Å². The number of amides is 1. The van der Waals surface area contributed by atoms with E-state index in [0.717, 1.165) is 36.8 Å². The molecule has 1 aliphatic rings. The van der Waals surface area contributed by atoms with Gasteiger partial charge in [0.25, 0.3) is 5.91 Å². The van der Waals surface area contributed by atoms with Gasteiger partial charge in [0.15, 0.2) is 0 Å². The molecule has 1 saturated heterocycles. The molecule has 4 heterocycles. The van der Waals surface area contributed by atoms with Crippen LogP contribution in [0.4, 0.5) is 11.8 Å². The van der Waals surface area contributed by atoms with Crippen molar-refractivity contribution in [1.82, 2.24) is 30.2 Å². The van der Waals surface area contributed by atoms with Gasteiger partial charge in [-0.2, -0.15) is 0 Å². The number of aromatic amines is 1. The molecule has 140 valence electrons. The molecule has 8 heteroatoms. The van der Waals surface area contributed by atoms with Crippen LogP contribution in [0.25, 0.3) is 10.9 Å². The molecule has 4 rings (SSSR count). The van der Waals surface area contributed by atoms with Crippen LogP contribution in [-0.2, 0) is 0 Å². The zero-order chi connectivity index (χ0) is 18.8. The lowest BCUT2D eigenvalue weighted by Crippen LogP contribution is -2.26. The summed E-state index contributed by atoms with van der Waals surface area (Å²) in [5, 5.41) is 7.38. The predicted molar refractivity (Wildman–Crippen MR) is 104 cm³/mol. The Labute approximate surface area is 157 Å². The van der Waals surface area contributed by atoms with E-state index in [9.17, 15) is 4.79 Å². The van der Waals surface area contributed by atoms with Crippen LogP contribution in [0.3, 0.4) is 0 Å². The number of piperidine rings is 1. The standard InChI is InChI=1S/C19H23N7O/c1-26(2)18(27)16-7-13-9-21-17(8-15(13)24-16)25-19-22-10-14(11-23-19)12-3-5-20-6-4-12/h7-12,20,24H,3-6H2,1-2H3,(H,21,22,23,25). The lowest BCUT2D eigenvalue weighted by Gasteiger charge is -2.22. The Morgan fingerprint density at radius 1 is 1.11 bits per heavy atom. The second-order valence-electron chi connectivity index (χ2n) is 7.03. The van der Waals surface area contributed by atoms with Crippen LogP contribution in [-0.4, -0.2) is 57.9 Å². The van der Waals surface area contributed by atoms with Crippen LogP contribution in [0, 0.1) is 0 Å². The van der Waals surface area contributed by atoms with E-state index in [-0.39, 0.29) is 5.91 Å². The third kappa shape index (κ3) is 3.75. The lowest BCUT2D eigenvalue weighted by atomic mass is 9.92. The Morgan fingerprint density at radius 3 is 2.56 bits per heavy atom. The first-order valence-electron chi connectivity index (χ1n) is 9.10. The monoisotopic (exact) mass is 365 g/mol. The molecule has 0 bridgehead atoms. The second kappa shape index (κ2) is 7.32. The van der Waals surface area contributed by atoms with Crippen molar-refractivity contribution < 1.29 is 4.79 Å². The van der Waals surface area contributed by atoms with Crippen LogP contribution in [0.5, 0.6) is 0 Å². The Kier molecular flexibility index (Phi) is 4.72. The van der Waals surface area contributed by atoms with Crippen molar-refractivity contribution >= 4 is 28.6 Å². The maximum atomic E-state index is 12.1. The number of rotatable bonds is 4. The molecule has 0 spiro atoms. The number of fused-ring (bicyclic) bond motifs is 1. The number of H-pyrrole nitrogens is 1. The minimum absolute atomic E-state index is 0.0717. The normalized spacial score (nSPS) is 15.0. The number of carbonyl (C=O) groups excluding carboxylic acids is 1. The maximum absolute atomic E-state index is 12.1. The molecule has 1 aliphatic heterocycles. The highest BCUT2D eigenvalue weighted by Crippen LogP contribution is 2.25. The van der Waals surface area contributed by atoms with Gasteiger partial charge in [-0.3, -0.25) is 4.79 Å². The summed E-state index contributed by atoms with van der Waals surface area (Å²) in [7, 11) is 3.45. The first kappa shape index (κ1) is 17.4. The van der Waals surface area contributed by atoms with Gasteiger partial charge >= 0.3 is 0 Å². The van der Waals surface area contributed by atoms with Crippen molar-refractivity contribution in [2.24, 2.45) is 0 Å². The molecule has 3 aromatic rings. The molecule has 0 radical (unpaired) electrons. The first-order valence-corrected chi connectivity index (χ1v) is 9.10. The molecule has 8 nitrogen and oxygen atoms in total. The van der Waals surface area contributed by atoms with E-state index in [0.29, 0.717) is 23.4 Å². The van der Waals surface area contributed by atoms with Crippen LogP contribution >= 0.6 is 0 Å². The minimum Gasteiger partial charge on any atom is -0.350 e. The van der Waals surface area contributed by atoms with Crippen LogP contribution < -0.4 is 10.6 Å². The molecule has 1 fully saturated rings. The number of anilines is 2. The number of pyridine rings is 1. The fourth-order valence-electron chi connectivity index (χ4n) is 3.33. The van der Waals surface area contributed by atoms with Crippen molar-refractivity contribution in [3.05, 3.63) is 42.0 Å². The number of nitrogens with zero attached hydrogens (tertiary/aromatic N) is 4. The fraction of sp³-hybridized carbons (Fsp3) is 0.368. The summed E-state index contributed by atoms with van der Waals surface area (Å²) in [5.74, 6) is 1.59. The quantitative estimate of drug-likeness (QED) is 0.656. The van der Waals surface area contributed by atoms with Gasteiger partial charge in [-0.15, -0.1) is 0 Å². The van der Waals surface area contributed by atoms with Crippen LogP contribution in [0.2, 0.25) is 0 Å². The maximum Gasteiger partial charge on any atom is 0.269 e. The third-order valence-electron chi connectivity index (χ3n) is 4.86. The fourth-order valence-corrected chi connectivity index (χ4v) is 3.33. The number of carbonyl (C=O) groups is 1. The Hall–Kier alpha value is -3.00. The summed E-state index contributed by atoms with van der Waals surface area (Å²) in [6, 6.07) is 3.66. The van der Waals surface area contributed by atoms with E-state index in [1.165, 1.54) is 10.5 Å². The van der Waals surface area contributed by atoms with Crippen LogP contribution in [0.1, 0.15) is 34.8 Å². The molecule has 0 unspecified atom stereocenters. The van der Waals surface area contributed by atoms with E-state index in [1.54, 1.807) is 26.4 Å². The van der Waals surface area contributed by atoms with Gasteiger partial charge < -0.3 is 20.5 Å². The zero-order valence-electron chi connectivity index (χ0n) is 15.5. The lowest BCUT2D eigenvalue weighted by molar-refractivity contribution is 0.0823. The first-order chi connectivity index (χ1) is 13.1. The highest BCUT2D eigenvalue weighted by Gasteiger charge is 2.16. The highest BCUT2D eigenvalue weighted by molar-refractivity contribution is 5.98. The van der Waals surface area contributed by atoms with E-state index in [4.69, 9.17) is 0 Å². The van der Waals surface area contributed by atoms with Crippen molar-refractivity contribution in [3.8, 4) is 0 Å². The van der Waals surface area contributed by atoms with Crippen molar-refractivity contribution in [3.63, 3.8) is 0 Å². The molecule has 27 heavy (non-hydrogen) atoms. The van der Waals surface area contributed by atoms with E-state index in [2.05, 4.69) is 30.6 Å². The minimum atomic E-state index is -0.0717. The number of hydrogen-bond acceptors (Lipinski definition) is 6. The molecule has 0 saturated carbocycles. The van der Waals surface area contributed by atoms with Crippen LogP contribution in [0.15, 0.2) is 30.7 Å². The molecule has 3 N–H and O–H groups in total. The van der Waals surface area contributed by atoms with Gasteiger partial charge in [-0.1, -0.05) is 0 Å². The molecular formula is C19H23N7O. The Bertz CT molecular complexity index is 942. The molecule has 3 aromatic heterocycles. The number of aromatic nitrogens is 4. The summed E-state index contributed by atoms with van der Waals surface area (Å²) >= 11 is 0. The van der Waals surface area contributed by atoms with Gasteiger partial charge in [-0.25, -0.2) is 15.0 Å². The highest BCUT2D eigenvalue weighted by atomic mass is 16.2. The van der Waals surface area contributed by atoms with E-state index in [1.807, 2.05) is 18.5 Å².